The number of anilines is 1. The van der Waals surface area contributed by atoms with E-state index in [0.717, 1.165) is 0 Å². The number of urea groups is 1. The summed E-state index contributed by atoms with van der Waals surface area (Å²) >= 11 is 0. The molecule has 1 unspecified atom stereocenters. The van der Waals surface area contributed by atoms with Crippen LogP contribution in [0.25, 0.3) is 0 Å². The number of carboxylic acids is 1. The predicted octanol–water partition coefficient (Wildman–Crippen LogP) is 4.53. The summed E-state index contributed by atoms with van der Waals surface area (Å²) in [6.07, 6.45) is 4.05. The number of aliphatic hydroxyl groups excluding tert-OH is 1. The van der Waals surface area contributed by atoms with E-state index < -0.39 is 40.3 Å². The van der Waals surface area contributed by atoms with Gasteiger partial charge in [-0.05, 0) is 73.8 Å². The molecule has 14 nitrogen and oxygen atoms in total. The number of hydrogen-bond donors (Lipinski definition) is 4. The molecule has 1 rings (SSSR count). The van der Waals surface area contributed by atoms with Crippen molar-refractivity contribution in [3.63, 3.8) is 0 Å². The number of esters is 3. The molecule has 1 heterocycles. The average Bonchev–Trinajstić information content (AvgIpc) is 3.01. The molecule has 0 saturated heterocycles. The topological polar surface area (TPSA) is 203 Å². The van der Waals surface area contributed by atoms with Gasteiger partial charge in [0.15, 0.2) is 0 Å². The first-order valence-electron chi connectivity index (χ1n) is 15.1. The summed E-state index contributed by atoms with van der Waals surface area (Å²) in [5.41, 5.74) is -1.36. The second-order valence-electron chi connectivity index (χ2n) is 12.2. The Morgan fingerprint density at radius 2 is 1.28 bits per heavy atom. The zero-order chi connectivity index (χ0) is 36.1. The number of nitrogens with zero attached hydrogens (tertiary/aromatic N) is 2. The Hall–Kier alpha value is -4.07. The van der Waals surface area contributed by atoms with Crippen LogP contribution in [0, 0.1) is 16.2 Å². The highest BCUT2D eigenvalue weighted by atomic mass is 16.6. The lowest BCUT2D eigenvalue weighted by Gasteiger charge is -2.21. The van der Waals surface area contributed by atoms with E-state index in [2.05, 4.69) is 27.2 Å². The van der Waals surface area contributed by atoms with Gasteiger partial charge in [-0.25, -0.2) is 19.6 Å². The van der Waals surface area contributed by atoms with Crippen molar-refractivity contribution in [2.75, 3.05) is 31.7 Å². The molecule has 1 aromatic rings. The lowest BCUT2D eigenvalue weighted by Crippen LogP contribution is -2.34. The highest BCUT2D eigenvalue weighted by Crippen LogP contribution is 2.22. The Bertz CT molecular complexity index is 1120. The molecule has 0 aliphatic heterocycles. The summed E-state index contributed by atoms with van der Waals surface area (Å²) in [6, 6.07) is 1.21. The molecule has 0 saturated carbocycles. The summed E-state index contributed by atoms with van der Waals surface area (Å²) in [7, 11) is 0. The van der Waals surface area contributed by atoms with Gasteiger partial charge in [0.25, 0.3) is 0 Å². The largest absolute Gasteiger partial charge is 0.481 e. The Labute approximate surface area is 272 Å². The molecular weight excluding hydrogens is 600 g/mol. The Balaban J connectivity index is 0. The molecule has 0 bridgehead atoms. The monoisotopic (exact) mass is 654 g/mol. The lowest BCUT2D eigenvalue weighted by atomic mass is 9.91. The third kappa shape index (κ3) is 19.3. The van der Waals surface area contributed by atoms with Crippen molar-refractivity contribution >= 4 is 35.9 Å². The fraction of sp³-hybridized carbons (Fsp3) is 0.656. The molecular formula is C32H54N4O10. The number of carbonyl (C=O) groups is 5. The number of aromatic nitrogens is 2. The Kier molecular flexibility index (Phi) is 20.7. The smallest absolute Gasteiger partial charge is 0.333 e. The van der Waals surface area contributed by atoms with E-state index >= 15 is 0 Å². The van der Waals surface area contributed by atoms with Gasteiger partial charge in [0, 0.05) is 18.0 Å². The predicted molar refractivity (Wildman–Crippen MR) is 173 cm³/mol. The van der Waals surface area contributed by atoms with Crippen molar-refractivity contribution < 1.29 is 48.4 Å². The minimum atomic E-state index is -1.02. The van der Waals surface area contributed by atoms with Crippen LogP contribution in [0.2, 0.25) is 0 Å². The van der Waals surface area contributed by atoms with E-state index in [0.29, 0.717) is 19.3 Å². The van der Waals surface area contributed by atoms with Gasteiger partial charge in [0.05, 0.1) is 22.8 Å². The molecule has 0 radical (unpaired) electrons. The van der Waals surface area contributed by atoms with Crippen LogP contribution >= 0.6 is 0 Å². The number of aliphatic carboxylic acids is 1. The van der Waals surface area contributed by atoms with Crippen LogP contribution in [0.3, 0.4) is 0 Å². The number of amides is 2. The van der Waals surface area contributed by atoms with Crippen LogP contribution < -0.4 is 10.6 Å². The highest BCUT2D eigenvalue weighted by molar-refractivity contribution is 5.87. The van der Waals surface area contributed by atoms with Crippen LogP contribution in [0.1, 0.15) is 88.5 Å². The maximum absolute atomic E-state index is 11.7. The summed E-state index contributed by atoms with van der Waals surface area (Å²) in [5, 5.41) is 22.9. The van der Waals surface area contributed by atoms with Gasteiger partial charge < -0.3 is 29.7 Å². The summed E-state index contributed by atoms with van der Waals surface area (Å²) in [5.74, 6) is -1.73. The van der Waals surface area contributed by atoms with Crippen LogP contribution in [-0.4, -0.2) is 82.6 Å². The number of hydrogen-bond acceptors (Lipinski definition) is 11. The third-order valence-electron chi connectivity index (χ3n) is 6.91. The van der Waals surface area contributed by atoms with Gasteiger partial charge in [0.1, 0.15) is 25.9 Å². The second kappa shape index (κ2) is 21.6. The molecule has 46 heavy (non-hydrogen) atoms. The van der Waals surface area contributed by atoms with Gasteiger partial charge in [0.2, 0.25) is 5.95 Å². The quantitative estimate of drug-likeness (QED) is 0.0891. The van der Waals surface area contributed by atoms with Crippen molar-refractivity contribution in [3.8, 4) is 0 Å². The average molecular weight is 655 g/mol. The van der Waals surface area contributed by atoms with Gasteiger partial charge in [-0.3, -0.25) is 19.7 Å². The van der Waals surface area contributed by atoms with Crippen LogP contribution in [0.15, 0.2) is 30.6 Å². The molecule has 262 valence electrons. The number of carbonyl (C=O) groups excluding carboxylic acids is 4. The van der Waals surface area contributed by atoms with Gasteiger partial charge >= 0.3 is 29.9 Å². The molecule has 0 spiro atoms. The van der Waals surface area contributed by atoms with Crippen LogP contribution in [0.5, 0.6) is 0 Å². The molecule has 0 aliphatic carbocycles. The first-order chi connectivity index (χ1) is 21.2. The Morgan fingerprint density at radius 3 is 1.70 bits per heavy atom. The maximum atomic E-state index is 11.7. The number of ether oxygens (including phenoxy) is 3. The van der Waals surface area contributed by atoms with Crippen molar-refractivity contribution in [1.29, 1.82) is 0 Å². The fourth-order valence-corrected chi connectivity index (χ4v) is 2.16. The van der Waals surface area contributed by atoms with Crippen LogP contribution in [-0.2, 0) is 33.4 Å². The normalized spacial score (nSPS) is 11.6. The van der Waals surface area contributed by atoms with E-state index in [1.165, 1.54) is 19.3 Å². The molecule has 0 fully saturated rings. The SMILES string of the molecule is C=C(C)C(=O)OCC(O)COC(=O)C(C)(C)CC.CCC(C)(C)C(=O)O.CCC(C)(C)C(=O)OCCNC(=O)Nc1ncccn1. The van der Waals surface area contributed by atoms with Crippen molar-refractivity contribution in [1.82, 2.24) is 15.3 Å². The zero-order valence-corrected chi connectivity index (χ0v) is 29.0. The fourth-order valence-electron chi connectivity index (χ4n) is 2.16. The molecule has 0 aliphatic rings. The summed E-state index contributed by atoms with van der Waals surface area (Å²) in [6.45, 7) is 21.2. The van der Waals surface area contributed by atoms with Gasteiger partial charge in [-0.15, -0.1) is 0 Å². The van der Waals surface area contributed by atoms with Crippen molar-refractivity contribution in [2.24, 2.45) is 16.2 Å². The first kappa shape index (κ1) is 44.1. The van der Waals surface area contributed by atoms with E-state index in [1.807, 2.05) is 34.6 Å². The van der Waals surface area contributed by atoms with Crippen LogP contribution in [0.4, 0.5) is 10.7 Å². The lowest BCUT2D eigenvalue weighted by molar-refractivity contribution is -0.159. The standard InChI is InChI=1S/C13H20N4O3.C13H22O5.C6H12O2/c1-4-13(2,3)10(18)20-9-8-16-12(19)17-11-14-6-5-7-15-11;1-6-13(4,5)12(16)18-8-10(14)7-17-11(15)9(2)3;1-4-6(2,3)5(7)8/h5-7H,4,8-9H2,1-3H3,(H2,14,15,16,17,19);10,14H,2,6-8H2,1,3-5H3;4H2,1-3H3,(H,7,8). The minimum Gasteiger partial charge on any atom is -0.481 e. The molecule has 1 aromatic heterocycles. The van der Waals surface area contributed by atoms with E-state index in [-0.39, 0.29) is 49.8 Å². The molecule has 14 heteroatoms. The number of rotatable bonds is 15. The summed E-state index contributed by atoms with van der Waals surface area (Å²) < 4.78 is 14.8. The second-order valence-corrected chi connectivity index (χ2v) is 12.2. The zero-order valence-electron chi connectivity index (χ0n) is 29.0. The van der Waals surface area contributed by atoms with Crippen molar-refractivity contribution in [2.45, 2.75) is 94.6 Å². The van der Waals surface area contributed by atoms with Gasteiger partial charge in [-0.1, -0.05) is 27.4 Å². The minimum absolute atomic E-state index is 0.130. The van der Waals surface area contributed by atoms with E-state index in [4.69, 9.17) is 19.3 Å². The number of carboxylic acid groups (broad SMARTS) is 1. The molecule has 4 N–H and O–H groups in total. The number of aliphatic hydroxyl groups is 1. The molecule has 2 amide bonds. The first-order valence-corrected chi connectivity index (χ1v) is 15.1. The Morgan fingerprint density at radius 1 is 0.826 bits per heavy atom. The third-order valence-corrected chi connectivity index (χ3v) is 6.91. The molecule has 0 aromatic carbocycles. The number of nitrogens with one attached hydrogen (secondary N) is 2. The van der Waals surface area contributed by atoms with Gasteiger partial charge in [-0.2, -0.15) is 0 Å². The van der Waals surface area contributed by atoms with E-state index in [1.54, 1.807) is 33.8 Å². The van der Waals surface area contributed by atoms with E-state index in [9.17, 15) is 29.1 Å². The molecule has 1 atom stereocenters. The maximum Gasteiger partial charge on any atom is 0.333 e. The van der Waals surface area contributed by atoms with Crippen molar-refractivity contribution in [3.05, 3.63) is 30.6 Å². The summed E-state index contributed by atoms with van der Waals surface area (Å²) in [4.78, 5) is 63.7. The highest BCUT2D eigenvalue weighted by Gasteiger charge is 2.28.